The van der Waals surface area contributed by atoms with Crippen LogP contribution in [0.3, 0.4) is 0 Å². The molecule has 2 aromatic rings. The maximum Gasteiger partial charge on any atom is 0.139 e. The highest BCUT2D eigenvalue weighted by atomic mass is 19.1. The molecule has 0 aliphatic rings. The van der Waals surface area contributed by atoms with E-state index in [1.54, 1.807) is 6.07 Å². The van der Waals surface area contributed by atoms with E-state index in [9.17, 15) is 4.39 Å². The monoisotopic (exact) mass is 243 g/mol. The first kappa shape index (κ1) is 14.1. The van der Waals surface area contributed by atoms with Gasteiger partial charge in [-0.3, -0.25) is 0 Å². The SMILES string of the molecule is C#Cc1c(F)ccc2cc(N)cc(CC)c12.CC. The van der Waals surface area contributed by atoms with Gasteiger partial charge in [0.05, 0.1) is 5.56 Å². The highest BCUT2D eigenvalue weighted by Crippen LogP contribution is 2.27. The van der Waals surface area contributed by atoms with Gasteiger partial charge in [-0.15, -0.1) is 6.42 Å². The third-order valence-electron chi connectivity index (χ3n) is 2.70. The second kappa shape index (κ2) is 6.07. The molecule has 94 valence electrons. The summed E-state index contributed by atoms with van der Waals surface area (Å²) < 4.78 is 13.6. The number of terminal acetylenes is 1. The molecular formula is C16H18FN. The minimum atomic E-state index is -0.352. The van der Waals surface area contributed by atoms with E-state index in [2.05, 4.69) is 5.92 Å². The van der Waals surface area contributed by atoms with Crippen LogP contribution in [0.4, 0.5) is 10.1 Å². The van der Waals surface area contributed by atoms with Gasteiger partial charge in [0.25, 0.3) is 0 Å². The van der Waals surface area contributed by atoms with E-state index in [1.165, 1.54) is 6.07 Å². The second-order valence-corrected chi connectivity index (χ2v) is 3.70. The lowest BCUT2D eigenvalue weighted by atomic mass is 9.97. The van der Waals surface area contributed by atoms with Crippen LogP contribution in [0.5, 0.6) is 0 Å². The summed E-state index contributed by atoms with van der Waals surface area (Å²) in [4.78, 5) is 0. The Morgan fingerprint density at radius 3 is 2.50 bits per heavy atom. The van der Waals surface area contributed by atoms with Crippen molar-refractivity contribution in [3.05, 3.63) is 41.2 Å². The van der Waals surface area contributed by atoms with Gasteiger partial charge in [0.1, 0.15) is 5.82 Å². The zero-order valence-electron chi connectivity index (χ0n) is 11.0. The van der Waals surface area contributed by atoms with E-state index in [0.717, 1.165) is 22.8 Å². The number of hydrogen-bond donors (Lipinski definition) is 1. The second-order valence-electron chi connectivity index (χ2n) is 3.70. The van der Waals surface area contributed by atoms with Crippen molar-refractivity contribution in [1.82, 2.24) is 0 Å². The topological polar surface area (TPSA) is 26.0 Å². The summed E-state index contributed by atoms with van der Waals surface area (Å²) in [6.45, 7) is 6.00. The van der Waals surface area contributed by atoms with Gasteiger partial charge in [0.15, 0.2) is 0 Å². The smallest absolute Gasteiger partial charge is 0.139 e. The predicted octanol–water partition coefficient (Wildman–Crippen LogP) is 4.13. The minimum absolute atomic E-state index is 0.328. The van der Waals surface area contributed by atoms with Gasteiger partial charge in [-0.2, -0.15) is 0 Å². The molecule has 0 aliphatic heterocycles. The maximum atomic E-state index is 13.6. The van der Waals surface area contributed by atoms with Crippen LogP contribution in [0.25, 0.3) is 10.8 Å². The molecule has 0 heterocycles. The Bertz CT molecular complexity index is 594. The molecule has 1 nitrogen and oxygen atoms in total. The van der Waals surface area contributed by atoms with Crippen LogP contribution >= 0.6 is 0 Å². The Hall–Kier alpha value is -2.01. The van der Waals surface area contributed by atoms with Gasteiger partial charge in [-0.25, -0.2) is 4.39 Å². The van der Waals surface area contributed by atoms with Gasteiger partial charge in [0.2, 0.25) is 0 Å². The normalized spacial score (nSPS) is 9.50. The molecule has 0 saturated heterocycles. The van der Waals surface area contributed by atoms with Gasteiger partial charge in [-0.1, -0.05) is 32.8 Å². The van der Waals surface area contributed by atoms with Crippen molar-refractivity contribution in [2.75, 3.05) is 5.73 Å². The molecule has 0 aliphatic carbocycles. The number of nitrogen functional groups attached to an aromatic ring is 1. The lowest BCUT2D eigenvalue weighted by Gasteiger charge is -2.09. The molecule has 2 rings (SSSR count). The molecule has 0 saturated carbocycles. The highest BCUT2D eigenvalue weighted by molar-refractivity contribution is 5.93. The zero-order chi connectivity index (χ0) is 13.7. The molecule has 0 radical (unpaired) electrons. The summed E-state index contributed by atoms with van der Waals surface area (Å²) in [6.07, 6.45) is 6.13. The van der Waals surface area contributed by atoms with Crippen LogP contribution < -0.4 is 5.73 Å². The van der Waals surface area contributed by atoms with Crippen LogP contribution in [-0.2, 0) is 6.42 Å². The van der Waals surface area contributed by atoms with Crippen LogP contribution in [0.1, 0.15) is 31.9 Å². The van der Waals surface area contributed by atoms with E-state index in [1.807, 2.05) is 32.9 Å². The first-order chi connectivity index (χ1) is 8.67. The molecule has 18 heavy (non-hydrogen) atoms. The summed E-state index contributed by atoms with van der Waals surface area (Å²) >= 11 is 0. The molecular weight excluding hydrogens is 225 g/mol. The Labute approximate surface area is 108 Å². The number of fused-ring (bicyclic) bond motifs is 1. The van der Waals surface area contributed by atoms with E-state index < -0.39 is 0 Å². The summed E-state index contributed by atoms with van der Waals surface area (Å²) in [5, 5.41) is 1.70. The fraction of sp³-hybridized carbons (Fsp3) is 0.250. The molecule has 0 unspecified atom stereocenters. The Morgan fingerprint density at radius 2 is 1.94 bits per heavy atom. The van der Waals surface area contributed by atoms with Crippen molar-refractivity contribution in [2.45, 2.75) is 27.2 Å². The standard InChI is InChI=1S/C14H12FN.C2H6/c1-3-9-7-11(16)8-10-5-6-13(15)12(4-2)14(9)10;1-2/h2,5-8H,3,16H2,1H3;1-2H3. The summed E-state index contributed by atoms with van der Waals surface area (Å²) in [7, 11) is 0. The van der Waals surface area contributed by atoms with Crippen molar-refractivity contribution in [1.29, 1.82) is 0 Å². The van der Waals surface area contributed by atoms with Gasteiger partial charge in [-0.05, 0) is 35.6 Å². The fourth-order valence-corrected chi connectivity index (χ4v) is 1.97. The molecule has 0 amide bonds. The van der Waals surface area contributed by atoms with Gasteiger partial charge >= 0.3 is 0 Å². The lowest BCUT2D eigenvalue weighted by molar-refractivity contribution is 0.626. The average molecular weight is 243 g/mol. The summed E-state index contributed by atoms with van der Waals surface area (Å²) in [6, 6.07) is 6.76. The Morgan fingerprint density at radius 1 is 1.28 bits per heavy atom. The average Bonchev–Trinajstić information content (AvgIpc) is 2.40. The number of aryl methyl sites for hydroxylation is 1. The van der Waals surface area contributed by atoms with Crippen LogP contribution in [-0.4, -0.2) is 0 Å². The fourth-order valence-electron chi connectivity index (χ4n) is 1.97. The molecule has 0 aromatic heterocycles. The summed E-state index contributed by atoms with van der Waals surface area (Å²) in [5.74, 6) is 2.06. The van der Waals surface area contributed by atoms with E-state index in [4.69, 9.17) is 12.2 Å². The highest BCUT2D eigenvalue weighted by Gasteiger charge is 2.09. The molecule has 2 aromatic carbocycles. The number of anilines is 1. The third kappa shape index (κ3) is 2.46. The number of nitrogens with two attached hydrogens (primary N) is 1. The minimum Gasteiger partial charge on any atom is -0.399 e. The summed E-state index contributed by atoms with van der Waals surface area (Å²) in [5.41, 5.74) is 7.78. The molecule has 0 fully saturated rings. The van der Waals surface area contributed by atoms with Crippen LogP contribution in [0.15, 0.2) is 24.3 Å². The van der Waals surface area contributed by atoms with Crippen LogP contribution in [0.2, 0.25) is 0 Å². The first-order valence-corrected chi connectivity index (χ1v) is 6.14. The molecule has 2 heteroatoms. The van der Waals surface area contributed by atoms with E-state index >= 15 is 0 Å². The molecule has 2 N–H and O–H groups in total. The van der Waals surface area contributed by atoms with Crippen molar-refractivity contribution >= 4 is 16.5 Å². The Kier molecular flexibility index (Phi) is 4.74. The Balaban J connectivity index is 0.000000771. The first-order valence-electron chi connectivity index (χ1n) is 6.14. The lowest BCUT2D eigenvalue weighted by Crippen LogP contribution is -1.94. The number of halogens is 1. The van der Waals surface area contributed by atoms with E-state index in [0.29, 0.717) is 11.3 Å². The van der Waals surface area contributed by atoms with E-state index in [-0.39, 0.29) is 5.82 Å². The number of benzene rings is 2. The van der Waals surface area contributed by atoms with Crippen molar-refractivity contribution in [3.8, 4) is 12.3 Å². The molecule has 0 spiro atoms. The molecule has 0 bridgehead atoms. The maximum absolute atomic E-state index is 13.6. The number of rotatable bonds is 1. The van der Waals surface area contributed by atoms with Gasteiger partial charge in [0, 0.05) is 11.1 Å². The molecule has 0 atom stereocenters. The van der Waals surface area contributed by atoms with Crippen molar-refractivity contribution in [2.24, 2.45) is 0 Å². The van der Waals surface area contributed by atoms with Crippen molar-refractivity contribution in [3.63, 3.8) is 0 Å². The van der Waals surface area contributed by atoms with Gasteiger partial charge < -0.3 is 5.73 Å². The predicted molar refractivity (Wildman–Crippen MR) is 77.0 cm³/mol. The number of hydrogen-bond acceptors (Lipinski definition) is 1. The van der Waals surface area contributed by atoms with Crippen LogP contribution in [0, 0.1) is 18.2 Å². The third-order valence-corrected chi connectivity index (χ3v) is 2.70. The van der Waals surface area contributed by atoms with Crippen molar-refractivity contribution < 1.29 is 4.39 Å². The largest absolute Gasteiger partial charge is 0.399 e. The quantitative estimate of drug-likeness (QED) is 0.591. The zero-order valence-corrected chi connectivity index (χ0v) is 11.0.